The minimum Gasteiger partial charge on any atom is -0.461 e. The fraction of sp³-hybridized carbons (Fsp3) is 0.211. The molecule has 0 saturated carbocycles. The number of rotatable bonds is 4. The predicted molar refractivity (Wildman–Crippen MR) is 94.4 cm³/mol. The van der Waals surface area contributed by atoms with Crippen LogP contribution in [0.15, 0.2) is 24.3 Å². The highest BCUT2D eigenvalue weighted by molar-refractivity contribution is 6.35. The number of ether oxygens (including phenoxy) is 1. The Hall–Kier alpha value is -3.15. The van der Waals surface area contributed by atoms with Crippen molar-refractivity contribution in [1.82, 2.24) is 4.98 Å². The molecule has 0 atom stereocenters. The molecule has 0 radical (unpaired) electrons. The summed E-state index contributed by atoms with van der Waals surface area (Å²) < 4.78 is 5.02. The van der Waals surface area contributed by atoms with Crippen LogP contribution in [0.4, 0.5) is 5.69 Å². The Labute approximate surface area is 144 Å². The molecule has 25 heavy (non-hydrogen) atoms. The number of amides is 1. The normalized spacial score (nSPS) is 14.4. The van der Waals surface area contributed by atoms with Crippen molar-refractivity contribution in [2.45, 2.75) is 20.8 Å². The molecule has 2 heterocycles. The van der Waals surface area contributed by atoms with E-state index in [1.165, 1.54) is 6.92 Å². The van der Waals surface area contributed by atoms with Gasteiger partial charge in [0.15, 0.2) is 5.78 Å². The molecule has 2 aromatic rings. The average Bonchev–Trinajstić information content (AvgIpc) is 3.05. The maximum Gasteiger partial charge on any atom is 0.355 e. The number of anilines is 1. The molecule has 3 rings (SSSR count). The van der Waals surface area contributed by atoms with Crippen LogP contribution in [0, 0.1) is 6.92 Å². The van der Waals surface area contributed by atoms with Crippen molar-refractivity contribution < 1.29 is 19.1 Å². The number of hydrogen-bond acceptors (Lipinski definition) is 4. The molecule has 128 valence electrons. The largest absolute Gasteiger partial charge is 0.461 e. The quantitative estimate of drug-likeness (QED) is 0.509. The Kier molecular flexibility index (Phi) is 4.27. The molecule has 1 aromatic heterocycles. The van der Waals surface area contributed by atoms with Crippen molar-refractivity contribution in [3.63, 3.8) is 0 Å². The lowest BCUT2D eigenvalue weighted by Gasteiger charge is -2.00. The van der Waals surface area contributed by atoms with E-state index in [2.05, 4.69) is 10.3 Å². The zero-order chi connectivity index (χ0) is 18.1. The number of Topliss-reactive ketones (excluding diaryl/α,β-unsaturated/α-hetero) is 1. The van der Waals surface area contributed by atoms with Gasteiger partial charge in [0.1, 0.15) is 5.69 Å². The standard InChI is InChI=1S/C19H18N2O4/c1-4-25-19(24)17-10(2)16(11(3)22)15(20-17)9-13-12-7-5-6-8-14(12)21-18(13)23/h5-9,20H,4H2,1-3H3,(H,21,23)/b13-9-. The Balaban J connectivity index is 2.15. The third-order valence-electron chi connectivity index (χ3n) is 4.11. The highest BCUT2D eigenvalue weighted by Gasteiger charge is 2.26. The summed E-state index contributed by atoms with van der Waals surface area (Å²) in [4.78, 5) is 39.4. The first kappa shape index (κ1) is 16.7. The minimum atomic E-state index is -0.525. The van der Waals surface area contributed by atoms with Crippen molar-refractivity contribution in [3.05, 3.63) is 52.3 Å². The van der Waals surface area contributed by atoms with Crippen LogP contribution in [0.3, 0.4) is 0 Å². The second kappa shape index (κ2) is 6.39. The molecule has 1 aliphatic heterocycles. The molecule has 0 bridgehead atoms. The fourth-order valence-electron chi connectivity index (χ4n) is 3.01. The van der Waals surface area contributed by atoms with Crippen LogP contribution in [-0.2, 0) is 9.53 Å². The highest BCUT2D eigenvalue weighted by Crippen LogP contribution is 2.33. The third kappa shape index (κ3) is 2.87. The van der Waals surface area contributed by atoms with Crippen LogP contribution in [0.5, 0.6) is 0 Å². The second-order valence-corrected chi connectivity index (χ2v) is 5.75. The summed E-state index contributed by atoms with van der Waals surface area (Å²) in [5.74, 6) is -0.966. The number of fused-ring (bicyclic) bond motifs is 1. The number of para-hydroxylation sites is 1. The molecule has 1 aliphatic rings. The van der Waals surface area contributed by atoms with E-state index in [4.69, 9.17) is 4.74 Å². The average molecular weight is 338 g/mol. The summed E-state index contributed by atoms with van der Waals surface area (Å²) in [6, 6.07) is 7.31. The minimum absolute atomic E-state index is 0.192. The molecule has 0 fully saturated rings. The molecule has 0 aliphatic carbocycles. The number of carbonyl (C=O) groups is 3. The second-order valence-electron chi connectivity index (χ2n) is 5.75. The molecule has 2 N–H and O–H groups in total. The van der Waals surface area contributed by atoms with Gasteiger partial charge in [-0.2, -0.15) is 0 Å². The van der Waals surface area contributed by atoms with E-state index in [1.54, 1.807) is 19.9 Å². The third-order valence-corrected chi connectivity index (χ3v) is 4.11. The molecule has 1 amide bonds. The van der Waals surface area contributed by atoms with Gasteiger partial charge in [-0.25, -0.2) is 4.79 Å². The van der Waals surface area contributed by atoms with Gasteiger partial charge in [-0.3, -0.25) is 9.59 Å². The summed E-state index contributed by atoms with van der Waals surface area (Å²) in [5.41, 5.74) is 3.47. The smallest absolute Gasteiger partial charge is 0.355 e. The highest BCUT2D eigenvalue weighted by atomic mass is 16.5. The zero-order valence-corrected chi connectivity index (χ0v) is 14.2. The van der Waals surface area contributed by atoms with E-state index in [9.17, 15) is 14.4 Å². The fourth-order valence-corrected chi connectivity index (χ4v) is 3.01. The van der Waals surface area contributed by atoms with Crippen molar-refractivity contribution in [3.8, 4) is 0 Å². The molecular weight excluding hydrogens is 320 g/mol. The molecule has 6 nitrogen and oxygen atoms in total. The van der Waals surface area contributed by atoms with Gasteiger partial charge in [0.2, 0.25) is 0 Å². The summed E-state index contributed by atoms with van der Waals surface area (Å²) in [6.07, 6.45) is 1.60. The number of benzene rings is 1. The lowest BCUT2D eigenvalue weighted by molar-refractivity contribution is -0.110. The van der Waals surface area contributed by atoms with Crippen LogP contribution in [-0.4, -0.2) is 29.3 Å². The molecule has 6 heteroatoms. The van der Waals surface area contributed by atoms with E-state index >= 15 is 0 Å². The Morgan fingerprint density at radius 1 is 1.24 bits per heavy atom. The first-order valence-electron chi connectivity index (χ1n) is 7.97. The van der Waals surface area contributed by atoms with Crippen molar-refractivity contribution in [1.29, 1.82) is 0 Å². The van der Waals surface area contributed by atoms with E-state index < -0.39 is 5.97 Å². The van der Waals surface area contributed by atoms with Gasteiger partial charge in [-0.05, 0) is 38.5 Å². The van der Waals surface area contributed by atoms with E-state index in [1.807, 2.05) is 24.3 Å². The Morgan fingerprint density at radius 2 is 1.96 bits per heavy atom. The maximum absolute atomic E-state index is 12.3. The SMILES string of the molecule is CCOC(=O)c1[nH]c(/C=C2\C(=O)Nc3ccccc32)c(C(C)=O)c1C. The van der Waals surface area contributed by atoms with Crippen LogP contribution < -0.4 is 5.32 Å². The number of carbonyl (C=O) groups excluding carboxylic acids is 3. The number of nitrogens with one attached hydrogen (secondary N) is 2. The van der Waals surface area contributed by atoms with Gasteiger partial charge in [-0.15, -0.1) is 0 Å². The van der Waals surface area contributed by atoms with Crippen molar-refractivity contribution >= 4 is 35.0 Å². The van der Waals surface area contributed by atoms with Crippen LogP contribution in [0.25, 0.3) is 11.6 Å². The summed E-state index contributed by atoms with van der Waals surface area (Å²) in [6.45, 7) is 5.06. The van der Waals surface area contributed by atoms with E-state index in [0.29, 0.717) is 22.4 Å². The monoisotopic (exact) mass is 338 g/mol. The lowest BCUT2D eigenvalue weighted by atomic mass is 10.0. The van der Waals surface area contributed by atoms with Gasteiger partial charge in [0, 0.05) is 16.8 Å². The van der Waals surface area contributed by atoms with Gasteiger partial charge in [-0.1, -0.05) is 18.2 Å². The summed E-state index contributed by atoms with van der Waals surface area (Å²) in [7, 11) is 0. The maximum atomic E-state index is 12.3. The number of H-pyrrole nitrogens is 1. The van der Waals surface area contributed by atoms with Crippen molar-refractivity contribution in [2.75, 3.05) is 11.9 Å². The molecule has 0 unspecified atom stereocenters. The number of esters is 1. The zero-order valence-electron chi connectivity index (χ0n) is 14.2. The molecule has 1 aromatic carbocycles. The Bertz CT molecular complexity index is 922. The van der Waals surface area contributed by atoms with Gasteiger partial charge in [0.05, 0.1) is 17.9 Å². The topological polar surface area (TPSA) is 88.3 Å². The molecule has 0 spiro atoms. The van der Waals surface area contributed by atoms with Gasteiger partial charge >= 0.3 is 5.97 Å². The Morgan fingerprint density at radius 3 is 2.64 bits per heavy atom. The van der Waals surface area contributed by atoms with Crippen LogP contribution >= 0.6 is 0 Å². The number of ketones is 1. The summed E-state index contributed by atoms with van der Waals surface area (Å²) in [5, 5.41) is 2.78. The van der Waals surface area contributed by atoms with Crippen LogP contribution in [0.1, 0.15) is 51.5 Å². The number of aromatic nitrogens is 1. The molecule has 0 saturated heterocycles. The first-order chi connectivity index (χ1) is 11.9. The van der Waals surface area contributed by atoms with Gasteiger partial charge in [0.25, 0.3) is 5.91 Å². The summed E-state index contributed by atoms with van der Waals surface area (Å²) >= 11 is 0. The first-order valence-corrected chi connectivity index (χ1v) is 7.97. The van der Waals surface area contributed by atoms with Gasteiger partial charge < -0.3 is 15.0 Å². The lowest BCUT2D eigenvalue weighted by Crippen LogP contribution is -2.07. The van der Waals surface area contributed by atoms with E-state index in [0.717, 1.165) is 11.3 Å². The van der Waals surface area contributed by atoms with Crippen LogP contribution in [0.2, 0.25) is 0 Å². The number of hydrogen-bond donors (Lipinski definition) is 2. The molecular formula is C19H18N2O4. The van der Waals surface area contributed by atoms with E-state index in [-0.39, 0.29) is 24.0 Å². The number of aromatic amines is 1. The van der Waals surface area contributed by atoms with Crippen molar-refractivity contribution in [2.24, 2.45) is 0 Å². The predicted octanol–water partition coefficient (Wildman–Crippen LogP) is 3.20.